The van der Waals surface area contributed by atoms with Crippen molar-refractivity contribution < 1.29 is 9.47 Å². The summed E-state index contributed by atoms with van der Waals surface area (Å²) in [5.41, 5.74) is 2.42. The van der Waals surface area contributed by atoms with Gasteiger partial charge in [-0.05, 0) is 35.7 Å². The van der Waals surface area contributed by atoms with Gasteiger partial charge in [-0.25, -0.2) is 0 Å². The molecular weight excluding hydrogens is 250 g/mol. The van der Waals surface area contributed by atoms with Crippen LogP contribution in [0.25, 0.3) is 10.8 Å². The maximum absolute atomic E-state index is 9.07. The van der Waals surface area contributed by atoms with E-state index in [0.29, 0.717) is 6.42 Å². The number of hydrogen-bond acceptors (Lipinski definition) is 3. The van der Waals surface area contributed by atoms with Crippen molar-refractivity contribution in [1.29, 1.82) is 5.26 Å². The van der Waals surface area contributed by atoms with Gasteiger partial charge >= 0.3 is 0 Å². The predicted octanol–water partition coefficient (Wildman–Crippen LogP) is 3.80. The second kappa shape index (κ2) is 5.05. The molecular formula is C17H17NO2. The zero-order valence-electron chi connectivity index (χ0n) is 11.8. The average molecular weight is 267 g/mol. The number of hydrogen-bond donors (Lipinski definition) is 0. The minimum Gasteiger partial charge on any atom is -0.496 e. The van der Waals surface area contributed by atoms with Crippen molar-refractivity contribution >= 4 is 10.8 Å². The van der Waals surface area contributed by atoms with E-state index < -0.39 is 0 Å². The second-order valence-corrected chi connectivity index (χ2v) is 5.12. The Labute approximate surface area is 118 Å². The van der Waals surface area contributed by atoms with Gasteiger partial charge in [-0.15, -0.1) is 0 Å². The van der Waals surface area contributed by atoms with Crippen LogP contribution in [-0.4, -0.2) is 14.2 Å². The molecule has 0 saturated heterocycles. The van der Waals surface area contributed by atoms with Crippen molar-refractivity contribution in [3.63, 3.8) is 0 Å². The maximum Gasteiger partial charge on any atom is 0.123 e. The minimum atomic E-state index is 0.248. The molecule has 0 bridgehead atoms. The Morgan fingerprint density at radius 1 is 1.15 bits per heavy atom. The van der Waals surface area contributed by atoms with Gasteiger partial charge in [0.05, 0.1) is 20.3 Å². The molecule has 1 aliphatic carbocycles. The Hall–Kier alpha value is -2.21. The molecule has 0 spiro atoms. The Morgan fingerprint density at radius 3 is 2.50 bits per heavy atom. The third-order valence-electron chi connectivity index (χ3n) is 4.18. The largest absolute Gasteiger partial charge is 0.496 e. The molecule has 0 heterocycles. The molecule has 3 rings (SSSR count). The molecule has 0 amide bonds. The van der Waals surface area contributed by atoms with E-state index >= 15 is 0 Å². The van der Waals surface area contributed by atoms with Crippen molar-refractivity contribution in [2.75, 3.05) is 14.2 Å². The van der Waals surface area contributed by atoms with E-state index in [1.807, 2.05) is 12.1 Å². The number of nitriles is 1. The van der Waals surface area contributed by atoms with E-state index in [1.165, 1.54) is 21.9 Å². The topological polar surface area (TPSA) is 42.2 Å². The highest BCUT2D eigenvalue weighted by molar-refractivity contribution is 5.93. The highest BCUT2D eigenvalue weighted by atomic mass is 16.5. The molecule has 2 aromatic rings. The lowest BCUT2D eigenvalue weighted by Crippen LogP contribution is -2.11. The fourth-order valence-corrected chi connectivity index (χ4v) is 3.28. The molecule has 0 fully saturated rings. The first-order valence-corrected chi connectivity index (χ1v) is 6.83. The first-order chi connectivity index (χ1) is 9.80. The number of aryl methyl sites for hydroxylation is 1. The highest BCUT2D eigenvalue weighted by Crippen LogP contribution is 2.45. The summed E-state index contributed by atoms with van der Waals surface area (Å²) >= 11 is 0. The molecule has 3 nitrogen and oxygen atoms in total. The fraction of sp³-hybridized carbons (Fsp3) is 0.353. The van der Waals surface area contributed by atoms with Crippen LogP contribution in [0.2, 0.25) is 0 Å². The lowest BCUT2D eigenvalue weighted by molar-refractivity contribution is 0.399. The molecule has 2 aromatic carbocycles. The summed E-state index contributed by atoms with van der Waals surface area (Å²) in [6.45, 7) is 0. The van der Waals surface area contributed by atoms with Crippen LogP contribution in [0.3, 0.4) is 0 Å². The van der Waals surface area contributed by atoms with E-state index in [9.17, 15) is 0 Å². The summed E-state index contributed by atoms with van der Waals surface area (Å²) in [6.07, 6.45) is 2.45. The molecule has 102 valence electrons. The van der Waals surface area contributed by atoms with Crippen LogP contribution in [0.1, 0.15) is 29.9 Å². The van der Waals surface area contributed by atoms with Crippen molar-refractivity contribution in [3.05, 3.63) is 35.4 Å². The predicted molar refractivity (Wildman–Crippen MR) is 78.3 cm³/mol. The Balaban J connectivity index is 2.35. The molecule has 0 saturated carbocycles. The molecule has 20 heavy (non-hydrogen) atoms. The first kappa shape index (κ1) is 12.8. The van der Waals surface area contributed by atoms with Crippen molar-refractivity contribution in [2.45, 2.75) is 25.2 Å². The van der Waals surface area contributed by atoms with Gasteiger partial charge in [0.2, 0.25) is 0 Å². The average Bonchev–Trinajstić information content (AvgIpc) is 2.50. The summed E-state index contributed by atoms with van der Waals surface area (Å²) in [7, 11) is 3.40. The summed E-state index contributed by atoms with van der Waals surface area (Å²) in [5, 5.41) is 11.5. The van der Waals surface area contributed by atoms with E-state index in [-0.39, 0.29) is 5.92 Å². The van der Waals surface area contributed by atoms with Crippen molar-refractivity contribution in [2.24, 2.45) is 0 Å². The number of benzene rings is 2. The smallest absolute Gasteiger partial charge is 0.123 e. The van der Waals surface area contributed by atoms with Crippen LogP contribution in [0.4, 0.5) is 0 Å². The highest BCUT2D eigenvalue weighted by Gasteiger charge is 2.27. The standard InChI is InChI=1S/C17H17NO2/c1-19-14-7-4-11-5-8-15(20-2)17-12(9-10-18)3-6-13(14)16(11)17/h4-5,7-8,12H,3,6,9H2,1-2H3/t12-/m0/s1. The zero-order valence-corrected chi connectivity index (χ0v) is 11.8. The normalized spacial score (nSPS) is 16.8. The van der Waals surface area contributed by atoms with Gasteiger partial charge in [0, 0.05) is 23.5 Å². The van der Waals surface area contributed by atoms with Crippen molar-refractivity contribution in [1.82, 2.24) is 0 Å². The van der Waals surface area contributed by atoms with Gasteiger partial charge < -0.3 is 9.47 Å². The van der Waals surface area contributed by atoms with E-state index in [0.717, 1.165) is 24.3 Å². The van der Waals surface area contributed by atoms with Gasteiger partial charge in [-0.3, -0.25) is 0 Å². The molecule has 0 aromatic heterocycles. The zero-order chi connectivity index (χ0) is 14.1. The molecule has 1 aliphatic rings. The Bertz CT molecular complexity index is 695. The number of nitrogens with zero attached hydrogens (tertiary/aromatic N) is 1. The minimum absolute atomic E-state index is 0.248. The summed E-state index contributed by atoms with van der Waals surface area (Å²) < 4.78 is 11.0. The number of ether oxygens (including phenoxy) is 2. The van der Waals surface area contributed by atoms with Crippen LogP contribution in [0.5, 0.6) is 11.5 Å². The number of rotatable bonds is 3. The van der Waals surface area contributed by atoms with Gasteiger partial charge in [-0.2, -0.15) is 5.26 Å². The lowest BCUT2D eigenvalue weighted by atomic mass is 9.79. The van der Waals surface area contributed by atoms with Gasteiger partial charge in [0.25, 0.3) is 0 Å². The van der Waals surface area contributed by atoms with Crippen LogP contribution in [0.15, 0.2) is 24.3 Å². The molecule has 0 unspecified atom stereocenters. The molecule has 1 atom stereocenters. The molecule has 0 aliphatic heterocycles. The van der Waals surface area contributed by atoms with Crippen LogP contribution < -0.4 is 9.47 Å². The SMILES string of the molecule is COc1ccc2ccc(OC)c3c2c1CC[C@H]3CC#N. The van der Waals surface area contributed by atoms with E-state index in [4.69, 9.17) is 14.7 Å². The van der Waals surface area contributed by atoms with Crippen LogP contribution in [0, 0.1) is 11.3 Å². The van der Waals surface area contributed by atoms with E-state index in [2.05, 4.69) is 18.2 Å². The monoisotopic (exact) mass is 267 g/mol. The van der Waals surface area contributed by atoms with Crippen LogP contribution >= 0.6 is 0 Å². The number of methoxy groups -OCH3 is 2. The fourth-order valence-electron chi connectivity index (χ4n) is 3.28. The van der Waals surface area contributed by atoms with Crippen LogP contribution in [-0.2, 0) is 6.42 Å². The second-order valence-electron chi connectivity index (χ2n) is 5.12. The van der Waals surface area contributed by atoms with Gasteiger partial charge in [0.1, 0.15) is 11.5 Å². The molecule has 3 heteroatoms. The van der Waals surface area contributed by atoms with Gasteiger partial charge in [0.15, 0.2) is 0 Å². The van der Waals surface area contributed by atoms with Gasteiger partial charge in [-0.1, -0.05) is 12.1 Å². The molecule has 0 radical (unpaired) electrons. The Morgan fingerprint density at radius 2 is 1.85 bits per heavy atom. The first-order valence-electron chi connectivity index (χ1n) is 6.83. The third-order valence-corrected chi connectivity index (χ3v) is 4.18. The molecule has 0 N–H and O–H groups in total. The quantitative estimate of drug-likeness (QED) is 0.849. The summed E-state index contributed by atoms with van der Waals surface area (Å²) in [5.74, 6) is 2.06. The third kappa shape index (κ3) is 1.80. The summed E-state index contributed by atoms with van der Waals surface area (Å²) in [4.78, 5) is 0. The summed E-state index contributed by atoms with van der Waals surface area (Å²) in [6, 6.07) is 10.5. The maximum atomic E-state index is 9.07. The van der Waals surface area contributed by atoms with Crippen molar-refractivity contribution in [3.8, 4) is 17.6 Å². The van der Waals surface area contributed by atoms with E-state index in [1.54, 1.807) is 14.2 Å². The Kier molecular flexibility index (Phi) is 3.23. The lowest BCUT2D eigenvalue weighted by Gasteiger charge is -2.27.